The van der Waals surface area contributed by atoms with E-state index in [1.54, 1.807) is 11.3 Å². The summed E-state index contributed by atoms with van der Waals surface area (Å²) in [5.74, 6) is 0. The summed E-state index contributed by atoms with van der Waals surface area (Å²) in [6.07, 6.45) is 1.13. The molecule has 2 rings (SSSR count). The fourth-order valence-corrected chi connectivity index (χ4v) is 3.02. The topological polar surface area (TPSA) is 12.0 Å². The van der Waals surface area contributed by atoms with Crippen molar-refractivity contribution in [2.45, 2.75) is 26.3 Å². The van der Waals surface area contributed by atoms with Crippen molar-refractivity contribution in [3.63, 3.8) is 0 Å². The van der Waals surface area contributed by atoms with Gasteiger partial charge < -0.3 is 5.32 Å². The van der Waals surface area contributed by atoms with E-state index in [1.807, 2.05) is 12.1 Å². The van der Waals surface area contributed by atoms with Crippen LogP contribution in [-0.4, -0.2) is 6.54 Å². The van der Waals surface area contributed by atoms with E-state index in [-0.39, 0.29) is 6.04 Å². The van der Waals surface area contributed by atoms with Crippen LogP contribution in [0.1, 0.15) is 36.1 Å². The van der Waals surface area contributed by atoms with Crippen LogP contribution < -0.4 is 5.32 Å². The third-order valence-corrected chi connectivity index (χ3v) is 4.14. The van der Waals surface area contributed by atoms with Gasteiger partial charge in [0.15, 0.2) is 0 Å². The van der Waals surface area contributed by atoms with Gasteiger partial charge in [-0.25, -0.2) is 0 Å². The van der Waals surface area contributed by atoms with Gasteiger partial charge in [-0.1, -0.05) is 30.7 Å². The van der Waals surface area contributed by atoms with Crippen molar-refractivity contribution in [3.8, 4) is 0 Å². The van der Waals surface area contributed by atoms with E-state index in [0.717, 1.165) is 18.0 Å². The van der Waals surface area contributed by atoms with Gasteiger partial charge in [0, 0.05) is 5.02 Å². The Bertz CT molecular complexity index is 489. The third-order valence-electron chi connectivity index (χ3n) is 3.01. The minimum atomic E-state index is 0.272. The van der Waals surface area contributed by atoms with Crippen LogP contribution in [0.3, 0.4) is 0 Å². The van der Waals surface area contributed by atoms with Crippen LogP contribution in [-0.2, 0) is 0 Å². The smallest absolute Gasteiger partial charge is 0.0587 e. The van der Waals surface area contributed by atoms with E-state index in [9.17, 15) is 0 Å². The maximum absolute atomic E-state index is 5.96. The van der Waals surface area contributed by atoms with Crippen LogP contribution in [0.2, 0.25) is 5.02 Å². The summed E-state index contributed by atoms with van der Waals surface area (Å²) in [5, 5.41) is 8.83. The van der Waals surface area contributed by atoms with E-state index in [0.29, 0.717) is 0 Å². The normalized spacial score (nSPS) is 12.6. The Balaban J connectivity index is 2.30. The zero-order valence-corrected chi connectivity index (χ0v) is 12.3. The van der Waals surface area contributed by atoms with Gasteiger partial charge in [-0.3, -0.25) is 0 Å². The molecule has 1 N–H and O–H groups in total. The molecular weight excluding hydrogens is 262 g/mol. The molecule has 0 aliphatic carbocycles. The van der Waals surface area contributed by atoms with Crippen LogP contribution in [0.25, 0.3) is 0 Å². The van der Waals surface area contributed by atoms with Crippen molar-refractivity contribution < 1.29 is 0 Å². The zero-order chi connectivity index (χ0) is 13.0. The highest BCUT2D eigenvalue weighted by molar-refractivity contribution is 7.08. The average molecular weight is 280 g/mol. The van der Waals surface area contributed by atoms with Crippen molar-refractivity contribution in [2.24, 2.45) is 0 Å². The van der Waals surface area contributed by atoms with Gasteiger partial charge in [0.2, 0.25) is 0 Å². The highest BCUT2D eigenvalue weighted by Crippen LogP contribution is 2.28. The van der Waals surface area contributed by atoms with Crippen molar-refractivity contribution >= 4 is 22.9 Å². The van der Waals surface area contributed by atoms with Crippen molar-refractivity contribution in [1.29, 1.82) is 0 Å². The Morgan fingerprint density at radius 3 is 2.50 bits per heavy atom. The first-order valence-electron chi connectivity index (χ1n) is 6.24. The van der Waals surface area contributed by atoms with E-state index in [2.05, 4.69) is 42.1 Å². The molecule has 1 heterocycles. The molecule has 1 atom stereocenters. The largest absolute Gasteiger partial charge is 0.306 e. The third kappa shape index (κ3) is 3.14. The summed E-state index contributed by atoms with van der Waals surface area (Å²) in [6.45, 7) is 5.37. The molecule has 1 aromatic carbocycles. The molecule has 0 bridgehead atoms. The maximum Gasteiger partial charge on any atom is 0.0587 e. The van der Waals surface area contributed by atoms with Crippen molar-refractivity contribution in [2.75, 3.05) is 6.54 Å². The molecule has 0 spiro atoms. The molecule has 18 heavy (non-hydrogen) atoms. The molecule has 3 heteroatoms. The molecule has 0 aliphatic rings. The molecule has 0 saturated carbocycles. The monoisotopic (exact) mass is 279 g/mol. The first kappa shape index (κ1) is 13.6. The second-order valence-corrected chi connectivity index (χ2v) is 5.63. The van der Waals surface area contributed by atoms with Crippen LogP contribution >= 0.6 is 22.9 Å². The summed E-state index contributed by atoms with van der Waals surface area (Å²) >= 11 is 7.72. The number of nitrogens with one attached hydrogen (secondary N) is 1. The van der Waals surface area contributed by atoms with Crippen molar-refractivity contribution in [3.05, 3.63) is 56.7 Å². The minimum Gasteiger partial charge on any atom is -0.306 e. The average Bonchev–Trinajstić information content (AvgIpc) is 2.78. The lowest BCUT2D eigenvalue weighted by atomic mass is 9.98. The Morgan fingerprint density at radius 1 is 1.22 bits per heavy atom. The molecule has 0 aliphatic heterocycles. The molecule has 0 saturated heterocycles. The first-order valence-corrected chi connectivity index (χ1v) is 7.56. The Hall–Kier alpha value is -0.830. The highest BCUT2D eigenvalue weighted by atomic mass is 35.5. The van der Waals surface area contributed by atoms with Gasteiger partial charge >= 0.3 is 0 Å². The second kappa shape index (κ2) is 6.37. The lowest BCUT2D eigenvalue weighted by molar-refractivity contribution is 0.598. The van der Waals surface area contributed by atoms with Gasteiger partial charge in [-0.05, 0) is 59.5 Å². The number of benzene rings is 1. The number of rotatable bonds is 5. The predicted molar refractivity (Wildman–Crippen MR) is 80.6 cm³/mol. The lowest BCUT2D eigenvalue weighted by Crippen LogP contribution is -2.23. The van der Waals surface area contributed by atoms with Gasteiger partial charge in [0.05, 0.1) is 6.04 Å². The van der Waals surface area contributed by atoms with Crippen LogP contribution in [0.5, 0.6) is 0 Å². The standard InChI is InChI=1S/C15H18ClNS/c1-3-8-17-15(14-10-18-9-11(14)2)12-4-6-13(16)7-5-12/h4-7,9-10,15,17H,3,8H2,1-2H3. The second-order valence-electron chi connectivity index (χ2n) is 4.45. The van der Waals surface area contributed by atoms with Crippen LogP contribution in [0, 0.1) is 6.92 Å². The molecule has 0 amide bonds. The minimum absolute atomic E-state index is 0.272. The van der Waals surface area contributed by atoms with Crippen LogP contribution in [0.15, 0.2) is 35.0 Å². The summed E-state index contributed by atoms with van der Waals surface area (Å²) < 4.78 is 0. The molecule has 0 fully saturated rings. The summed E-state index contributed by atoms with van der Waals surface area (Å²) in [6, 6.07) is 8.39. The number of hydrogen-bond donors (Lipinski definition) is 1. The molecule has 2 aromatic rings. The SMILES string of the molecule is CCCNC(c1ccc(Cl)cc1)c1cscc1C. The summed E-state index contributed by atoms with van der Waals surface area (Å²) in [7, 11) is 0. The zero-order valence-electron chi connectivity index (χ0n) is 10.7. The van der Waals surface area contributed by atoms with Crippen molar-refractivity contribution in [1.82, 2.24) is 5.32 Å². The van der Waals surface area contributed by atoms with Gasteiger partial charge in [0.25, 0.3) is 0 Å². The van der Waals surface area contributed by atoms with Gasteiger partial charge in [-0.2, -0.15) is 11.3 Å². The van der Waals surface area contributed by atoms with E-state index in [1.165, 1.54) is 16.7 Å². The van der Waals surface area contributed by atoms with E-state index >= 15 is 0 Å². The molecular formula is C15H18ClNS. The molecule has 1 aromatic heterocycles. The van der Waals surface area contributed by atoms with Crippen LogP contribution in [0.4, 0.5) is 0 Å². The van der Waals surface area contributed by atoms with Gasteiger partial charge in [0.1, 0.15) is 0 Å². The predicted octanol–water partition coefficient (Wildman–Crippen LogP) is 4.80. The first-order chi connectivity index (χ1) is 8.72. The summed E-state index contributed by atoms with van der Waals surface area (Å²) in [4.78, 5) is 0. The number of halogens is 1. The lowest BCUT2D eigenvalue weighted by Gasteiger charge is -2.19. The van der Waals surface area contributed by atoms with E-state index < -0.39 is 0 Å². The van der Waals surface area contributed by atoms with Gasteiger partial charge in [-0.15, -0.1) is 0 Å². The molecule has 96 valence electrons. The Morgan fingerprint density at radius 2 is 1.94 bits per heavy atom. The molecule has 1 unspecified atom stereocenters. The number of thiophene rings is 1. The molecule has 1 nitrogen and oxygen atoms in total. The summed E-state index contributed by atoms with van der Waals surface area (Å²) in [5.41, 5.74) is 3.99. The Labute approximate surface area is 118 Å². The highest BCUT2D eigenvalue weighted by Gasteiger charge is 2.15. The van der Waals surface area contributed by atoms with E-state index in [4.69, 9.17) is 11.6 Å². The number of hydrogen-bond acceptors (Lipinski definition) is 2. The fourth-order valence-electron chi connectivity index (χ4n) is 2.02. The quantitative estimate of drug-likeness (QED) is 0.829. The maximum atomic E-state index is 5.96. The molecule has 0 radical (unpaired) electrons. The number of aryl methyl sites for hydroxylation is 1. The fraction of sp³-hybridized carbons (Fsp3) is 0.333. The Kier molecular flexibility index (Phi) is 4.81.